The second-order valence-electron chi connectivity index (χ2n) is 7.98. The second kappa shape index (κ2) is 9.93. The molecule has 0 aliphatic carbocycles. The van der Waals surface area contributed by atoms with Gasteiger partial charge < -0.3 is 15.7 Å². The summed E-state index contributed by atoms with van der Waals surface area (Å²) in [7, 11) is -3.56. The quantitative estimate of drug-likeness (QED) is 0.475. The summed E-state index contributed by atoms with van der Waals surface area (Å²) in [5.41, 5.74) is 2.58. The number of carbonyl (C=O) groups excluding carboxylic acids is 1. The SMILES string of the molecule is CCc1ccc2c(c1)C(NC[C@@H](O)[C@H](Cc1cc(F)cc(F)c1)NC(C)=O)CS(=O)(=O)N2. The standard InChI is InChI=1S/C22H27F2N3O4S/c1-3-14-4-5-19-18(8-14)21(12-32(30,31)27-19)25-11-22(29)20(26-13(2)28)9-15-6-16(23)10-17(24)7-15/h4-8,10,20-22,25,27,29H,3,9,11-12H2,1-2H3,(H,26,28)/t20-,21?,22+/m0/s1. The molecule has 0 radical (unpaired) electrons. The van der Waals surface area contributed by atoms with Crippen LogP contribution in [0, 0.1) is 11.6 Å². The van der Waals surface area contributed by atoms with Gasteiger partial charge in [0.05, 0.1) is 29.6 Å². The van der Waals surface area contributed by atoms with Crippen molar-refractivity contribution < 1.29 is 27.1 Å². The number of fused-ring (bicyclic) bond motifs is 1. The Bertz CT molecular complexity index is 1070. The Hall–Kier alpha value is -2.56. The van der Waals surface area contributed by atoms with Crippen molar-refractivity contribution in [2.24, 2.45) is 0 Å². The molecule has 0 bridgehead atoms. The maximum absolute atomic E-state index is 13.5. The van der Waals surface area contributed by atoms with Gasteiger partial charge in [-0.3, -0.25) is 9.52 Å². The van der Waals surface area contributed by atoms with Crippen LogP contribution in [0.3, 0.4) is 0 Å². The first-order valence-corrected chi connectivity index (χ1v) is 12.0. The molecule has 3 atom stereocenters. The first-order chi connectivity index (χ1) is 15.1. The van der Waals surface area contributed by atoms with Crippen LogP contribution < -0.4 is 15.4 Å². The maximum Gasteiger partial charge on any atom is 0.234 e. The molecule has 0 spiro atoms. The monoisotopic (exact) mass is 467 g/mol. The van der Waals surface area contributed by atoms with Crippen molar-refractivity contribution in [3.8, 4) is 0 Å². The first-order valence-electron chi connectivity index (χ1n) is 10.3. The highest BCUT2D eigenvalue weighted by atomic mass is 32.2. The average Bonchev–Trinajstić information content (AvgIpc) is 2.69. The number of aryl methyl sites for hydroxylation is 1. The summed E-state index contributed by atoms with van der Waals surface area (Å²) in [6, 6.07) is 7.11. The number of carbonyl (C=O) groups is 1. The highest BCUT2D eigenvalue weighted by Gasteiger charge is 2.30. The van der Waals surface area contributed by atoms with E-state index in [2.05, 4.69) is 15.4 Å². The molecule has 3 rings (SSSR count). The number of amides is 1. The molecule has 0 fully saturated rings. The first kappa shape index (κ1) is 24.1. The van der Waals surface area contributed by atoms with Gasteiger partial charge in [-0.25, -0.2) is 17.2 Å². The number of benzene rings is 2. The van der Waals surface area contributed by atoms with Crippen LogP contribution >= 0.6 is 0 Å². The summed E-state index contributed by atoms with van der Waals surface area (Å²) in [5.74, 6) is -2.12. The highest BCUT2D eigenvalue weighted by molar-refractivity contribution is 7.92. The zero-order chi connectivity index (χ0) is 23.5. The smallest absolute Gasteiger partial charge is 0.234 e. The zero-order valence-electron chi connectivity index (χ0n) is 17.9. The van der Waals surface area contributed by atoms with Gasteiger partial charge in [-0.05, 0) is 47.7 Å². The molecule has 1 aliphatic rings. The highest BCUT2D eigenvalue weighted by Crippen LogP contribution is 2.31. The van der Waals surface area contributed by atoms with Crippen molar-refractivity contribution in [2.75, 3.05) is 17.0 Å². The maximum atomic E-state index is 13.5. The summed E-state index contributed by atoms with van der Waals surface area (Å²) in [5, 5.41) is 16.4. The van der Waals surface area contributed by atoms with E-state index in [0.29, 0.717) is 5.69 Å². The van der Waals surface area contributed by atoms with E-state index in [1.165, 1.54) is 6.92 Å². The Balaban J connectivity index is 1.76. The second-order valence-corrected chi connectivity index (χ2v) is 9.74. The van der Waals surface area contributed by atoms with Crippen molar-refractivity contribution in [1.82, 2.24) is 10.6 Å². The number of hydrogen-bond acceptors (Lipinski definition) is 5. The Kier molecular flexibility index (Phi) is 7.47. The summed E-state index contributed by atoms with van der Waals surface area (Å²) in [6.07, 6.45) is -0.358. The van der Waals surface area contributed by atoms with Crippen LogP contribution in [0.5, 0.6) is 0 Å². The lowest BCUT2D eigenvalue weighted by molar-refractivity contribution is -0.120. The molecule has 0 aromatic heterocycles. The third-order valence-electron chi connectivity index (χ3n) is 5.36. The van der Waals surface area contributed by atoms with Crippen molar-refractivity contribution in [1.29, 1.82) is 0 Å². The van der Waals surface area contributed by atoms with Crippen molar-refractivity contribution in [3.63, 3.8) is 0 Å². The van der Waals surface area contributed by atoms with Gasteiger partial charge >= 0.3 is 0 Å². The fourth-order valence-corrected chi connectivity index (χ4v) is 5.17. The van der Waals surface area contributed by atoms with E-state index in [4.69, 9.17) is 0 Å². The molecule has 1 unspecified atom stereocenters. The van der Waals surface area contributed by atoms with E-state index in [1.807, 2.05) is 19.1 Å². The molecule has 32 heavy (non-hydrogen) atoms. The van der Waals surface area contributed by atoms with Crippen LogP contribution in [0.2, 0.25) is 0 Å². The fraction of sp³-hybridized carbons (Fsp3) is 0.409. The molecule has 0 saturated carbocycles. The minimum Gasteiger partial charge on any atom is -0.390 e. The third kappa shape index (κ3) is 6.24. The average molecular weight is 468 g/mol. The van der Waals surface area contributed by atoms with Gasteiger partial charge in [0.15, 0.2) is 0 Å². The summed E-state index contributed by atoms with van der Waals surface area (Å²) in [6.45, 7) is 3.23. The van der Waals surface area contributed by atoms with Crippen LogP contribution in [-0.4, -0.2) is 43.9 Å². The van der Waals surface area contributed by atoms with E-state index in [9.17, 15) is 27.1 Å². The van der Waals surface area contributed by atoms with Gasteiger partial charge in [0, 0.05) is 19.5 Å². The third-order valence-corrected chi connectivity index (χ3v) is 6.66. The molecule has 1 aliphatic heterocycles. The summed E-state index contributed by atoms with van der Waals surface area (Å²) in [4.78, 5) is 11.6. The summed E-state index contributed by atoms with van der Waals surface area (Å²) < 4.78 is 54.2. The number of aliphatic hydroxyl groups excluding tert-OH is 1. The number of aliphatic hydroxyl groups is 1. The number of hydrogen-bond donors (Lipinski definition) is 4. The number of anilines is 1. The Morgan fingerprint density at radius 2 is 1.88 bits per heavy atom. The van der Waals surface area contributed by atoms with E-state index in [1.54, 1.807) is 6.07 Å². The fourth-order valence-electron chi connectivity index (χ4n) is 3.83. The lowest BCUT2D eigenvalue weighted by Crippen LogP contribution is -2.49. The largest absolute Gasteiger partial charge is 0.390 e. The van der Waals surface area contributed by atoms with Crippen LogP contribution in [0.4, 0.5) is 14.5 Å². The van der Waals surface area contributed by atoms with Gasteiger partial charge in [-0.2, -0.15) is 0 Å². The van der Waals surface area contributed by atoms with Gasteiger partial charge in [0.1, 0.15) is 11.6 Å². The molecule has 10 heteroatoms. The molecular weight excluding hydrogens is 440 g/mol. The number of halogens is 2. The van der Waals surface area contributed by atoms with Gasteiger partial charge in [-0.15, -0.1) is 0 Å². The van der Waals surface area contributed by atoms with Gasteiger partial charge in [0.2, 0.25) is 15.9 Å². The molecule has 174 valence electrons. The molecule has 1 amide bonds. The Labute approximate surface area is 186 Å². The van der Waals surface area contributed by atoms with Crippen LogP contribution in [0.15, 0.2) is 36.4 Å². The van der Waals surface area contributed by atoms with E-state index >= 15 is 0 Å². The van der Waals surface area contributed by atoms with E-state index in [0.717, 1.165) is 35.7 Å². The van der Waals surface area contributed by atoms with Crippen molar-refractivity contribution >= 4 is 21.6 Å². The molecule has 7 nitrogen and oxygen atoms in total. The molecule has 1 heterocycles. The van der Waals surface area contributed by atoms with Crippen molar-refractivity contribution in [2.45, 2.75) is 44.9 Å². The molecule has 2 aromatic rings. The predicted molar refractivity (Wildman–Crippen MR) is 118 cm³/mol. The topological polar surface area (TPSA) is 108 Å². The van der Waals surface area contributed by atoms with Gasteiger partial charge in [0.25, 0.3) is 0 Å². The number of sulfonamides is 1. The lowest BCUT2D eigenvalue weighted by Gasteiger charge is -2.30. The van der Waals surface area contributed by atoms with Crippen LogP contribution in [-0.2, 0) is 27.7 Å². The van der Waals surface area contributed by atoms with Gasteiger partial charge in [-0.1, -0.05) is 19.1 Å². The zero-order valence-corrected chi connectivity index (χ0v) is 18.7. The number of nitrogens with one attached hydrogen (secondary N) is 3. The number of rotatable bonds is 8. The lowest BCUT2D eigenvalue weighted by atomic mass is 9.99. The molecule has 2 aromatic carbocycles. The normalized spacial score (nSPS) is 18.8. The van der Waals surface area contributed by atoms with E-state index < -0.39 is 45.8 Å². The molecule has 0 saturated heterocycles. The van der Waals surface area contributed by atoms with Crippen LogP contribution in [0.1, 0.15) is 36.6 Å². The Morgan fingerprint density at radius 1 is 1.19 bits per heavy atom. The van der Waals surface area contributed by atoms with E-state index in [-0.39, 0.29) is 24.3 Å². The molecular formula is C22H27F2N3O4S. The van der Waals surface area contributed by atoms with Crippen LogP contribution in [0.25, 0.3) is 0 Å². The van der Waals surface area contributed by atoms with Crippen molar-refractivity contribution in [3.05, 3.63) is 64.7 Å². The minimum absolute atomic E-state index is 0.00179. The minimum atomic E-state index is -3.56. The molecule has 4 N–H and O–H groups in total. The Morgan fingerprint density at radius 3 is 2.50 bits per heavy atom. The predicted octanol–water partition coefficient (Wildman–Crippen LogP) is 2.02. The summed E-state index contributed by atoms with van der Waals surface area (Å²) >= 11 is 0.